The topological polar surface area (TPSA) is 63.6 Å². The monoisotopic (exact) mass is 216 g/mol. The molecule has 1 N–H and O–H groups in total. The smallest absolute Gasteiger partial charge is 0.306 e. The SMILES string of the molecule is C[C@H](CC(=O)OC(C)(C)C)[C@H](C)C(=O)O. The molecule has 0 radical (unpaired) electrons. The normalized spacial score (nSPS) is 15.5. The van der Waals surface area contributed by atoms with Gasteiger partial charge in [0.05, 0.1) is 5.92 Å². The third-order valence-corrected chi connectivity index (χ3v) is 2.15. The van der Waals surface area contributed by atoms with Gasteiger partial charge in [-0.3, -0.25) is 9.59 Å². The maximum atomic E-state index is 11.4. The molecule has 0 aromatic rings. The van der Waals surface area contributed by atoms with Crippen molar-refractivity contribution in [2.24, 2.45) is 11.8 Å². The van der Waals surface area contributed by atoms with Crippen molar-refractivity contribution in [1.29, 1.82) is 0 Å². The highest BCUT2D eigenvalue weighted by atomic mass is 16.6. The first-order chi connectivity index (χ1) is 6.63. The molecule has 0 aliphatic heterocycles. The van der Waals surface area contributed by atoms with E-state index in [1.807, 2.05) is 0 Å². The van der Waals surface area contributed by atoms with E-state index in [-0.39, 0.29) is 18.3 Å². The van der Waals surface area contributed by atoms with Crippen molar-refractivity contribution < 1.29 is 19.4 Å². The van der Waals surface area contributed by atoms with Crippen molar-refractivity contribution in [2.75, 3.05) is 0 Å². The molecule has 0 aliphatic carbocycles. The number of esters is 1. The number of carboxylic acids is 1. The van der Waals surface area contributed by atoms with Crippen molar-refractivity contribution in [3.63, 3.8) is 0 Å². The Bertz CT molecular complexity index is 239. The Kier molecular flexibility index (Phi) is 4.78. The minimum Gasteiger partial charge on any atom is -0.481 e. The van der Waals surface area contributed by atoms with Crippen LogP contribution >= 0.6 is 0 Å². The van der Waals surface area contributed by atoms with Gasteiger partial charge in [0, 0.05) is 6.42 Å². The Balaban J connectivity index is 4.13. The van der Waals surface area contributed by atoms with Gasteiger partial charge < -0.3 is 9.84 Å². The van der Waals surface area contributed by atoms with Gasteiger partial charge in [0.15, 0.2) is 0 Å². The summed E-state index contributed by atoms with van der Waals surface area (Å²) in [4.78, 5) is 22.0. The molecule has 0 bridgehead atoms. The molecule has 0 rings (SSSR count). The molecule has 0 spiro atoms. The molecule has 4 heteroatoms. The number of carbonyl (C=O) groups excluding carboxylic acids is 1. The number of ether oxygens (including phenoxy) is 1. The molecule has 15 heavy (non-hydrogen) atoms. The van der Waals surface area contributed by atoms with E-state index in [9.17, 15) is 9.59 Å². The second-order valence-corrected chi connectivity index (χ2v) is 4.89. The maximum absolute atomic E-state index is 11.4. The van der Waals surface area contributed by atoms with E-state index in [2.05, 4.69) is 0 Å². The predicted molar refractivity (Wildman–Crippen MR) is 56.4 cm³/mol. The third-order valence-electron chi connectivity index (χ3n) is 2.15. The molecule has 0 amide bonds. The van der Waals surface area contributed by atoms with E-state index < -0.39 is 17.5 Å². The second kappa shape index (κ2) is 5.14. The van der Waals surface area contributed by atoms with Crippen LogP contribution in [0.3, 0.4) is 0 Å². The summed E-state index contributed by atoms with van der Waals surface area (Å²) in [5.41, 5.74) is -0.511. The van der Waals surface area contributed by atoms with Crippen LogP contribution in [0.1, 0.15) is 41.0 Å². The molecule has 0 saturated heterocycles. The highest BCUT2D eigenvalue weighted by Gasteiger charge is 2.24. The van der Waals surface area contributed by atoms with Gasteiger partial charge in [-0.05, 0) is 26.7 Å². The van der Waals surface area contributed by atoms with E-state index in [0.717, 1.165) is 0 Å². The van der Waals surface area contributed by atoms with Gasteiger partial charge in [0.1, 0.15) is 5.60 Å². The zero-order valence-electron chi connectivity index (χ0n) is 10.0. The minimum atomic E-state index is -0.883. The average molecular weight is 216 g/mol. The summed E-state index contributed by atoms with van der Waals surface area (Å²) in [6.07, 6.45) is 0.144. The summed E-state index contributed by atoms with van der Waals surface area (Å²) >= 11 is 0. The van der Waals surface area contributed by atoms with Crippen LogP contribution in [0.25, 0.3) is 0 Å². The van der Waals surface area contributed by atoms with Crippen LogP contribution in [0, 0.1) is 11.8 Å². The Labute approximate surface area is 90.6 Å². The Morgan fingerprint density at radius 3 is 2.07 bits per heavy atom. The van der Waals surface area contributed by atoms with Crippen molar-refractivity contribution in [3.8, 4) is 0 Å². The number of hydrogen-bond acceptors (Lipinski definition) is 3. The molecule has 88 valence electrons. The highest BCUT2D eigenvalue weighted by Crippen LogP contribution is 2.18. The summed E-state index contributed by atoms with van der Waals surface area (Å²) in [6, 6.07) is 0. The van der Waals surface area contributed by atoms with Gasteiger partial charge in [-0.15, -0.1) is 0 Å². The van der Waals surface area contributed by atoms with Gasteiger partial charge in [0.2, 0.25) is 0 Å². The van der Waals surface area contributed by atoms with Crippen LogP contribution in [0.4, 0.5) is 0 Å². The van der Waals surface area contributed by atoms with Gasteiger partial charge in [-0.1, -0.05) is 13.8 Å². The van der Waals surface area contributed by atoms with Gasteiger partial charge in [0.25, 0.3) is 0 Å². The summed E-state index contributed by atoms with van der Waals surface area (Å²) in [7, 11) is 0. The quantitative estimate of drug-likeness (QED) is 0.731. The molecule has 0 aliphatic rings. The van der Waals surface area contributed by atoms with Crippen LogP contribution in [-0.4, -0.2) is 22.6 Å². The fourth-order valence-electron chi connectivity index (χ4n) is 1.07. The van der Waals surface area contributed by atoms with Crippen molar-refractivity contribution in [1.82, 2.24) is 0 Å². The number of carbonyl (C=O) groups is 2. The Morgan fingerprint density at radius 1 is 1.27 bits per heavy atom. The number of carboxylic acid groups (broad SMARTS) is 1. The van der Waals surface area contributed by atoms with Crippen molar-refractivity contribution in [2.45, 2.75) is 46.6 Å². The van der Waals surface area contributed by atoms with E-state index in [1.165, 1.54) is 0 Å². The van der Waals surface area contributed by atoms with E-state index in [0.29, 0.717) is 0 Å². The molecule has 2 atom stereocenters. The molecule has 0 saturated carbocycles. The highest BCUT2D eigenvalue weighted by molar-refractivity contribution is 5.73. The first kappa shape index (κ1) is 13.9. The summed E-state index contributed by atoms with van der Waals surface area (Å²) < 4.78 is 5.11. The summed E-state index contributed by atoms with van der Waals surface area (Å²) in [6.45, 7) is 8.70. The van der Waals surface area contributed by atoms with E-state index in [1.54, 1.807) is 34.6 Å². The van der Waals surface area contributed by atoms with Crippen LogP contribution < -0.4 is 0 Å². The molecule has 0 heterocycles. The Hall–Kier alpha value is -1.06. The van der Waals surface area contributed by atoms with Crippen molar-refractivity contribution >= 4 is 11.9 Å². The predicted octanol–water partition coefficient (Wildman–Crippen LogP) is 2.07. The first-order valence-electron chi connectivity index (χ1n) is 5.08. The van der Waals surface area contributed by atoms with Gasteiger partial charge in [-0.25, -0.2) is 0 Å². The molecule has 0 aromatic heterocycles. The maximum Gasteiger partial charge on any atom is 0.306 e. The van der Waals surface area contributed by atoms with Crippen LogP contribution in [0.15, 0.2) is 0 Å². The zero-order valence-corrected chi connectivity index (χ0v) is 10.0. The molecule has 4 nitrogen and oxygen atoms in total. The summed E-state index contributed by atoms with van der Waals surface area (Å²) in [5, 5.41) is 8.75. The summed E-state index contributed by atoms with van der Waals surface area (Å²) in [5.74, 6) is -1.97. The average Bonchev–Trinajstić information content (AvgIpc) is 1.98. The van der Waals surface area contributed by atoms with E-state index in [4.69, 9.17) is 9.84 Å². The number of hydrogen-bond donors (Lipinski definition) is 1. The molecular formula is C11H20O4. The fourth-order valence-corrected chi connectivity index (χ4v) is 1.07. The minimum absolute atomic E-state index is 0.144. The van der Waals surface area contributed by atoms with Crippen LogP contribution in [-0.2, 0) is 14.3 Å². The molecular weight excluding hydrogens is 196 g/mol. The lowest BCUT2D eigenvalue weighted by Crippen LogP contribution is -2.27. The number of aliphatic carboxylic acids is 1. The second-order valence-electron chi connectivity index (χ2n) is 4.89. The van der Waals surface area contributed by atoms with Gasteiger partial charge in [-0.2, -0.15) is 0 Å². The van der Waals surface area contributed by atoms with Gasteiger partial charge >= 0.3 is 11.9 Å². The molecule has 0 aromatic carbocycles. The Morgan fingerprint density at radius 2 is 1.73 bits per heavy atom. The lowest BCUT2D eigenvalue weighted by molar-refractivity contribution is -0.156. The van der Waals surface area contributed by atoms with Crippen molar-refractivity contribution in [3.05, 3.63) is 0 Å². The zero-order chi connectivity index (χ0) is 12.2. The number of rotatable bonds is 4. The molecule has 0 unspecified atom stereocenters. The lowest BCUT2D eigenvalue weighted by atomic mass is 9.93. The van der Waals surface area contributed by atoms with Crippen LogP contribution in [0.5, 0.6) is 0 Å². The lowest BCUT2D eigenvalue weighted by Gasteiger charge is -2.22. The standard InChI is InChI=1S/C11H20O4/c1-7(8(2)10(13)14)6-9(12)15-11(3,4)5/h7-8H,6H2,1-5H3,(H,13,14)/t7-,8+/m1/s1. The van der Waals surface area contributed by atoms with Crippen LogP contribution in [0.2, 0.25) is 0 Å². The van der Waals surface area contributed by atoms with E-state index >= 15 is 0 Å². The first-order valence-corrected chi connectivity index (χ1v) is 5.08. The fraction of sp³-hybridized carbons (Fsp3) is 0.818. The largest absolute Gasteiger partial charge is 0.481 e. The third kappa shape index (κ3) is 6.10. The molecule has 0 fully saturated rings.